The number of fused-ring (bicyclic) bond motifs is 1. The number of aromatic nitrogens is 1. The van der Waals surface area contributed by atoms with Gasteiger partial charge in [-0.2, -0.15) is 13.2 Å². The Balaban J connectivity index is 3.00. The number of rotatable bonds is 0. The molecule has 0 aromatic carbocycles. The number of hydrogen-bond acceptors (Lipinski definition) is 2. The zero-order valence-electron chi connectivity index (χ0n) is 8.55. The average molecular weight is 231 g/mol. The van der Waals surface area contributed by atoms with Crippen LogP contribution in [0.15, 0.2) is 21.5 Å². The van der Waals surface area contributed by atoms with Gasteiger partial charge in [0, 0.05) is 18.7 Å². The van der Waals surface area contributed by atoms with E-state index in [-0.39, 0.29) is 16.7 Å². The van der Waals surface area contributed by atoms with Crippen molar-refractivity contribution in [3.8, 4) is 0 Å². The second-order valence-corrected chi connectivity index (χ2v) is 3.49. The van der Waals surface area contributed by atoms with Crippen molar-refractivity contribution < 1.29 is 17.6 Å². The Hall–Kier alpha value is -1.72. The van der Waals surface area contributed by atoms with E-state index in [0.717, 1.165) is 11.5 Å². The summed E-state index contributed by atoms with van der Waals surface area (Å²) in [7, 11) is 1.26. The van der Waals surface area contributed by atoms with Crippen molar-refractivity contribution in [1.29, 1.82) is 0 Å². The number of alkyl halides is 3. The second kappa shape index (κ2) is 3.13. The molecule has 0 aliphatic rings. The van der Waals surface area contributed by atoms with Crippen LogP contribution in [0.25, 0.3) is 11.1 Å². The topological polar surface area (TPSA) is 35.1 Å². The van der Waals surface area contributed by atoms with Gasteiger partial charge < -0.3 is 8.98 Å². The highest BCUT2D eigenvalue weighted by atomic mass is 19.4. The number of nitrogens with zero attached hydrogens (tertiary/aromatic N) is 1. The summed E-state index contributed by atoms with van der Waals surface area (Å²) in [4.78, 5) is 11.6. The van der Waals surface area contributed by atoms with E-state index in [4.69, 9.17) is 4.42 Å². The molecular formula is C10H8F3NO2. The largest absolute Gasteiger partial charge is 0.459 e. The van der Waals surface area contributed by atoms with Crippen molar-refractivity contribution in [2.75, 3.05) is 0 Å². The lowest BCUT2D eigenvalue weighted by atomic mass is 10.1. The van der Waals surface area contributed by atoms with Crippen LogP contribution in [0.1, 0.15) is 11.3 Å². The van der Waals surface area contributed by atoms with Crippen LogP contribution >= 0.6 is 0 Å². The first-order valence-corrected chi connectivity index (χ1v) is 4.48. The molecule has 0 unspecified atom stereocenters. The first-order valence-electron chi connectivity index (χ1n) is 4.48. The number of hydrogen-bond donors (Lipinski definition) is 0. The minimum Gasteiger partial charge on any atom is -0.459 e. The minimum absolute atomic E-state index is 0.0481. The number of furan rings is 1. The molecule has 0 radical (unpaired) electrons. The highest BCUT2D eigenvalue weighted by molar-refractivity contribution is 5.74. The molecule has 0 aliphatic heterocycles. The van der Waals surface area contributed by atoms with Gasteiger partial charge in [-0.25, -0.2) is 0 Å². The standard InChI is InChI=1S/C10H8F3NO2/c1-5-7(15)8-6(3-4-16-8)14(2)9(5)10(11,12)13/h3-4H,1-2H3. The Morgan fingerprint density at radius 3 is 2.56 bits per heavy atom. The van der Waals surface area contributed by atoms with E-state index in [0.29, 0.717) is 0 Å². The summed E-state index contributed by atoms with van der Waals surface area (Å²) in [6.45, 7) is 1.15. The summed E-state index contributed by atoms with van der Waals surface area (Å²) in [5.41, 5.74) is -1.91. The molecule has 2 aromatic heterocycles. The highest BCUT2D eigenvalue weighted by Crippen LogP contribution is 2.32. The summed E-state index contributed by atoms with van der Waals surface area (Å²) in [6.07, 6.45) is -3.35. The van der Waals surface area contributed by atoms with Gasteiger partial charge in [-0.1, -0.05) is 0 Å². The average Bonchev–Trinajstić information content (AvgIpc) is 2.61. The predicted molar refractivity (Wildman–Crippen MR) is 51.2 cm³/mol. The van der Waals surface area contributed by atoms with E-state index in [1.54, 1.807) is 0 Å². The molecule has 2 rings (SSSR count). The summed E-state index contributed by atoms with van der Waals surface area (Å²) in [5, 5.41) is 0. The lowest BCUT2D eigenvalue weighted by Gasteiger charge is -2.15. The van der Waals surface area contributed by atoms with Crippen molar-refractivity contribution in [3.05, 3.63) is 33.8 Å². The fourth-order valence-corrected chi connectivity index (χ4v) is 1.79. The van der Waals surface area contributed by atoms with Gasteiger partial charge in [-0.3, -0.25) is 4.79 Å². The molecule has 0 bridgehead atoms. The van der Waals surface area contributed by atoms with Crippen molar-refractivity contribution >= 4 is 11.1 Å². The predicted octanol–water partition coefficient (Wildman–Crippen LogP) is 2.46. The molecule has 2 aromatic rings. The smallest absolute Gasteiger partial charge is 0.431 e. The van der Waals surface area contributed by atoms with Crippen LogP contribution in [-0.2, 0) is 13.2 Å². The molecule has 86 valence electrons. The molecule has 3 nitrogen and oxygen atoms in total. The molecule has 0 atom stereocenters. The molecule has 0 spiro atoms. The van der Waals surface area contributed by atoms with Gasteiger partial charge in [0.2, 0.25) is 5.43 Å². The zero-order valence-corrected chi connectivity index (χ0v) is 8.55. The van der Waals surface area contributed by atoms with Crippen molar-refractivity contribution in [2.45, 2.75) is 13.1 Å². The minimum atomic E-state index is -4.55. The van der Waals surface area contributed by atoms with Crippen LogP contribution < -0.4 is 5.43 Å². The maximum Gasteiger partial charge on any atom is 0.431 e. The van der Waals surface area contributed by atoms with Crippen LogP contribution in [0.4, 0.5) is 13.2 Å². The van der Waals surface area contributed by atoms with Gasteiger partial charge in [0.25, 0.3) is 0 Å². The molecule has 0 N–H and O–H groups in total. The fourth-order valence-electron chi connectivity index (χ4n) is 1.79. The zero-order chi connectivity index (χ0) is 12.1. The molecule has 6 heteroatoms. The Morgan fingerprint density at radius 2 is 2.00 bits per heavy atom. The fraction of sp³-hybridized carbons (Fsp3) is 0.300. The third-order valence-electron chi connectivity index (χ3n) is 2.51. The SMILES string of the molecule is Cc1c(C(F)(F)F)n(C)c2ccoc2c1=O. The second-order valence-electron chi connectivity index (χ2n) is 3.49. The quantitative estimate of drug-likeness (QED) is 0.698. The molecule has 0 fully saturated rings. The Labute approximate surface area is 88.1 Å². The third-order valence-corrected chi connectivity index (χ3v) is 2.51. The van der Waals surface area contributed by atoms with E-state index in [9.17, 15) is 18.0 Å². The molecule has 0 amide bonds. The number of halogens is 3. The third kappa shape index (κ3) is 1.33. The lowest BCUT2D eigenvalue weighted by Crippen LogP contribution is -2.22. The lowest BCUT2D eigenvalue weighted by molar-refractivity contribution is -0.143. The van der Waals surface area contributed by atoms with Gasteiger partial charge in [-0.05, 0) is 6.92 Å². The maximum atomic E-state index is 12.7. The van der Waals surface area contributed by atoms with Crippen LogP contribution in [-0.4, -0.2) is 4.57 Å². The van der Waals surface area contributed by atoms with Crippen LogP contribution in [0, 0.1) is 6.92 Å². The maximum absolute atomic E-state index is 12.7. The van der Waals surface area contributed by atoms with Crippen LogP contribution in [0.5, 0.6) is 0 Å². The molecule has 16 heavy (non-hydrogen) atoms. The Kier molecular flexibility index (Phi) is 2.11. The summed E-state index contributed by atoms with van der Waals surface area (Å²) >= 11 is 0. The van der Waals surface area contributed by atoms with E-state index < -0.39 is 17.3 Å². The van der Waals surface area contributed by atoms with Crippen LogP contribution in [0.3, 0.4) is 0 Å². The monoisotopic (exact) mass is 231 g/mol. The Bertz CT molecular complexity index is 607. The summed E-state index contributed by atoms with van der Waals surface area (Å²) in [5.74, 6) is 0. The molecular weight excluding hydrogens is 223 g/mol. The molecule has 0 saturated carbocycles. The van der Waals surface area contributed by atoms with Gasteiger partial charge in [0.15, 0.2) is 5.58 Å². The van der Waals surface area contributed by atoms with Crippen molar-refractivity contribution in [2.24, 2.45) is 7.05 Å². The van der Waals surface area contributed by atoms with Crippen molar-refractivity contribution in [1.82, 2.24) is 4.57 Å². The number of aryl methyl sites for hydroxylation is 1. The van der Waals surface area contributed by atoms with E-state index in [1.165, 1.54) is 19.4 Å². The van der Waals surface area contributed by atoms with Gasteiger partial charge in [0.1, 0.15) is 5.69 Å². The molecule has 2 heterocycles. The van der Waals surface area contributed by atoms with Gasteiger partial charge in [-0.15, -0.1) is 0 Å². The Morgan fingerprint density at radius 1 is 1.38 bits per heavy atom. The van der Waals surface area contributed by atoms with E-state index >= 15 is 0 Å². The normalized spacial score (nSPS) is 12.3. The van der Waals surface area contributed by atoms with E-state index in [1.807, 2.05) is 0 Å². The molecule has 0 aliphatic carbocycles. The van der Waals surface area contributed by atoms with Gasteiger partial charge >= 0.3 is 6.18 Å². The highest BCUT2D eigenvalue weighted by Gasteiger charge is 2.37. The summed E-state index contributed by atoms with van der Waals surface area (Å²) in [6, 6.07) is 1.34. The summed E-state index contributed by atoms with van der Waals surface area (Å²) < 4.78 is 44.0. The van der Waals surface area contributed by atoms with Gasteiger partial charge in [0.05, 0.1) is 11.8 Å². The van der Waals surface area contributed by atoms with Crippen LogP contribution in [0.2, 0.25) is 0 Å². The first-order chi connectivity index (χ1) is 7.34. The van der Waals surface area contributed by atoms with E-state index in [2.05, 4.69) is 0 Å². The number of pyridine rings is 1. The van der Waals surface area contributed by atoms with Crippen molar-refractivity contribution in [3.63, 3.8) is 0 Å². The first kappa shape index (κ1) is 10.8. The molecule has 0 saturated heterocycles.